The van der Waals surface area contributed by atoms with Crippen molar-refractivity contribution in [2.24, 2.45) is 0 Å². The van der Waals surface area contributed by atoms with Gasteiger partial charge in [0.05, 0.1) is 24.3 Å². The van der Waals surface area contributed by atoms with E-state index in [1.54, 1.807) is 6.07 Å². The third kappa shape index (κ3) is 3.94. The van der Waals surface area contributed by atoms with Gasteiger partial charge in [-0.3, -0.25) is 14.5 Å². The SMILES string of the molecule is Cc1nn(CC(=O)NCC(C)(C)N2CCOCC2)c(=O)c2ccccc12. The van der Waals surface area contributed by atoms with Gasteiger partial charge >= 0.3 is 0 Å². The third-order valence-electron chi connectivity index (χ3n) is 4.93. The van der Waals surface area contributed by atoms with Crippen molar-refractivity contribution in [3.63, 3.8) is 0 Å². The zero-order chi connectivity index (χ0) is 18.7. The number of carbonyl (C=O) groups excluding carboxylic acids is 1. The molecule has 0 unspecified atom stereocenters. The summed E-state index contributed by atoms with van der Waals surface area (Å²) in [6.07, 6.45) is 0. The van der Waals surface area contributed by atoms with E-state index in [9.17, 15) is 9.59 Å². The molecule has 0 radical (unpaired) electrons. The third-order valence-corrected chi connectivity index (χ3v) is 4.93. The number of rotatable bonds is 5. The predicted molar refractivity (Wildman–Crippen MR) is 100 cm³/mol. The predicted octanol–water partition coefficient (Wildman–Crippen LogP) is 0.932. The quantitative estimate of drug-likeness (QED) is 0.861. The summed E-state index contributed by atoms with van der Waals surface area (Å²) in [6, 6.07) is 7.33. The maximum atomic E-state index is 12.6. The normalized spacial score (nSPS) is 16.0. The molecule has 2 aromatic rings. The molecule has 1 aliphatic rings. The van der Waals surface area contributed by atoms with E-state index in [1.807, 2.05) is 25.1 Å². The van der Waals surface area contributed by atoms with Gasteiger partial charge in [-0.25, -0.2) is 4.68 Å². The van der Waals surface area contributed by atoms with Crippen molar-refractivity contribution in [1.29, 1.82) is 0 Å². The monoisotopic (exact) mass is 358 g/mol. The molecule has 0 bridgehead atoms. The second kappa shape index (κ2) is 7.55. The standard InChI is InChI=1S/C19H26N4O3/c1-14-15-6-4-5-7-16(15)18(25)23(21-14)12-17(24)20-13-19(2,3)22-8-10-26-11-9-22/h4-7H,8-13H2,1-3H3,(H,20,24). The fourth-order valence-corrected chi connectivity index (χ4v) is 3.30. The van der Waals surface area contributed by atoms with Crippen molar-refractivity contribution in [2.75, 3.05) is 32.8 Å². The average molecular weight is 358 g/mol. The van der Waals surface area contributed by atoms with Gasteiger partial charge in [-0.15, -0.1) is 0 Å². The highest BCUT2D eigenvalue weighted by molar-refractivity contribution is 5.83. The zero-order valence-electron chi connectivity index (χ0n) is 15.6. The van der Waals surface area contributed by atoms with Crippen LogP contribution in [0.5, 0.6) is 0 Å². The number of amides is 1. The summed E-state index contributed by atoms with van der Waals surface area (Å²) in [5.74, 6) is -0.212. The largest absolute Gasteiger partial charge is 0.379 e. The lowest BCUT2D eigenvalue weighted by Gasteiger charge is -2.40. The Morgan fingerprint density at radius 1 is 1.23 bits per heavy atom. The number of benzene rings is 1. The van der Waals surface area contributed by atoms with Gasteiger partial charge in [0, 0.05) is 30.6 Å². The van der Waals surface area contributed by atoms with Crippen LogP contribution in [-0.2, 0) is 16.1 Å². The molecule has 1 aromatic carbocycles. The minimum Gasteiger partial charge on any atom is -0.379 e. The molecular weight excluding hydrogens is 332 g/mol. The molecule has 1 N–H and O–H groups in total. The maximum Gasteiger partial charge on any atom is 0.275 e. The molecule has 140 valence electrons. The minimum absolute atomic E-state index is 0.0797. The fraction of sp³-hybridized carbons (Fsp3) is 0.526. The Morgan fingerprint density at radius 2 is 1.88 bits per heavy atom. The Hall–Kier alpha value is -2.25. The highest BCUT2D eigenvalue weighted by Gasteiger charge is 2.28. The van der Waals surface area contributed by atoms with Crippen molar-refractivity contribution in [2.45, 2.75) is 32.9 Å². The summed E-state index contributed by atoms with van der Waals surface area (Å²) in [5.41, 5.74) is 0.326. The van der Waals surface area contributed by atoms with Gasteiger partial charge in [-0.1, -0.05) is 18.2 Å². The number of carbonyl (C=O) groups is 1. The van der Waals surface area contributed by atoms with Crippen LogP contribution in [0.15, 0.2) is 29.1 Å². The van der Waals surface area contributed by atoms with E-state index in [1.165, 1.54) is 4.68 Å². The van der Waals surface area contributed by atoms with Gasteiger partial charge in [0.2, 0.25) is 5.91 Å². The van der Waals surface area contributed by atoms with E-state index in [2.05, 4.69) is 29.2 Å². The number of aryl methyl sites for hydroxylation is 1. The van der Waals surface area contributed by atoms with Gasteiger partial charge in [0.1, 0.15) is 6.54 Å². The lowest BCUT2D eigenvalue weighted by atomic mass is 10.0. The van der Waals surface area contributed by atoms with Crippen LogP contribution in [0.3, 0.4) is 0 Å². The summed E-state index contributed by atoms with van der Waals surface area (Å²) in [7, 11) is 0. The van der Waals surface area contributed by atoms with Gasteiger partial charge in [-0.2, -0.15) is 5.10 Å². The smallest absolute Gasteiger partial charge is 0.275 e. The molecule has 1 aliphatic heterocycles. The molecule has 0 spiro atoms. The molecule has 1 aromatic heterocycles. The summed E-state index contributed by atoms with van der Waals surface area (Å²) in [6.45, 7) is 9.61. The summed E-state index contributed by atoms with van der Waals surface area (Å²) >= 11 is 0. The summed E-state index contributed by atoms with van der Waals surface area (Å²) in [5, 5.41) is 8.64. The highest BCUT2D eigenvalue weighted by Crippen LogP contribution is 2.15. The Labute approximate surface area is 152 Å². The van der Waals surface area contributed by atoms with Crippen LogP contribution in [0.1, 0.15) is 19.5 Å². The van der Waals surface area contributed by atoms with E-state index in [0.717, 1.165) is 24.2 Å². The molecule has 0 saturated carbocycles. The van der Waals surface area contributed by atoms with Crippen LogP contribution in [0.2, 0.25) is 0 Å². The Bertz CT molecular complexity index is 853. The molecule has 7 nitrogen and oxygen atoms in total. The van der Waals surface area contributed by atoms with Crippen molar-refractivity contribution in [3.05, 3.63) is 40.3 Å². The number of fused-ring (bicyclic) bond motifs is 1. The van der Waals surface area contributed by atoms with Gasteiger partial charge in [-0.05, 0) is 26.8 Å². The van der Waals surface area contributed by atoms with Crippen LogP contribution < -0.4 is 10.9 Å². The summed E-state index contributed by atoms with van der Waals surface area (Å²) in [4.78, 5) is 27.3. The molecule has 3 rings (SSSR count). The molecule has 0 aliphatic carbocycles. The van der Waals surface area contributed by atoms with Crippen LogP contribution in [0.4, 0.5) is 0 Å². The molecule has 1 amide bonds. The Morgan fingerprint density at radius 3 is 2.58 bits per heavy atom. The van der Waals surface area contributed by atoms with Crippen molar-refractivity contribution < 1.29 is 9.53 Å². The number of nitrogens with zero attached hydrogens (tertiary/aromatic N) is 3. The van der Waals surface area contributed by atoms with E-state index < -0.39 is 0 Å². The summed E-state index contributed by atoms with van der Waals surface area (Å²) < 4.78 is 6.63. The molecule has 0 atom stereocenters. The van der Waals surface area contributed by atoms with Gasteiger partial charge in [0.15, 0.2) is 0 Å². The first kappa shape index (κ1) is 18.5. The first-order valence-electron chi connectivity index (χ1n) is 8.94. The lowest BCUT2D eigenvalue weighted by molar-refractivity contribution is -0.122. The molecular formula is C19H26N4O3. The maximum absolute atomic E-state index is 12.6. The Balaban J connectivity index is 1.67. The van der Waals surface area contributed by atoms with Gasteiger partial charge in [0.25, 0.3) is 5.56 Å². The van der Waals surface area contributed by atoms with Crippen LogP contribution in [-0.4, -0.2) is 59.0 Å². The topological polar surface area (TPSA) is 76.5 Å². The highest BCUT2D eigenvalue weighted by atomic mass is 16.5. The van der Waals surface area contributed by atoms with Crippen LogP contribution >= 0.6 is 0 Å². The van der Waals surface area contributed by atoms with Crippen molar-refractivity contribution in [3.8, 4) is 0 Å². The van der Waals surface area contributed by atoms with E-state index in [0.29, 0.717) is 25.1 Å². The average Bonchev–Trinajstić information content (AvgIpc) is 2.65. The molecule has 1 saturated heterocycles. The fourth-order valence-electron chi connectivity index (χ4n) is 3.30. The molecule has 1 fully saturated rings. The number of hydrogen-bond donors (Lipinski definition) is 1. The molecule has 26 heavy (non-hydrogen) atoms. The number of aromatic nitrogens is 2. The number of morpholine rings is 1. The second-order valence-corrected chi connectivity index (χ2v) is 7.28. The second-order valence-electron chi connectivity index (χ2n) is 7.28. The van der Waals surface area contributed by atoms with Crippen molar-refractivity contribution >= 4 is 16.7 Å². The first-order chi connectivity index (χ1) is 12.4. The zero-order valence-corrected chi connectivity index (χ0v) is 15.6. The molecule has 7 heteroatoms. The minimum atomic E-state index is -0.242. The van der Waals surface area contributed by atoms with Crippen LogP contribution in [0.25, 0.3) is 10.8 Å². The molecule has 2 heterocycles. The van der Waals surface area contributed by atoms with E-state index in [4.69, 9.17) is 4.74 Å². The Kier molecular flexibility index (Phi) is 5.38. The van der Waals surface area contributed by atoms with Crippen molar-refractivity contribution in [1.82, 2.24) is 20.0 Å². The van der Waals surface area contributed by atoms with Gasteiger partial charge < -0.3 is 10.1 Å². The number of hydrogen-bond acceptors (Lipinski definition) is 5. The number of nitrogens with one attached hydrogen (secondary N) is 1. The van der Waals surface area contributed by atoms with E-state index >= 15 is 0 Å². The first-order valence-corrected chi connectivity index (χ1v) is 8.94. The van der Waals surface area contributed by atoms with Crippen LogP contribution in [0, 0.1) is 6.92 Å². The van der Waals surface area contributed by atoms with E-state index in [-0.39, 0.29) is 23.6 Å². The number of ether oxygens (including phenoxy) is 1. The lowest BCUT2D eigenvalue weighted by Crippen LogP contribution is -2.55.